The highest BCUT2D eigenvalue weighted by Crippen LogP contribution is 2.48. The molecule has 0 aromatic rings. The molecular formula is C14H27N2O4P. The molecule has 21 heavy (non-hydrogen) atoms. The van der Waals surface area contributed by atoms with Crippen LogP contribution in [-0.2, 0) is 13.8 Å². The van der Waals surface area contributed by atoms with Gasteiger partial charge in [-0.3, -0.25) is 0 Å². The van der Waals surface area contributed by atoms with Crippen LogP contribution in [0.3, 0.4) is 0 Å². The maximum absolute atomic E-state index is 9.36. The second kappa shape index (κ2) is 9.68. The molecule has 0 aromatic heterocycles. The van der Waals surface area contributed by atoms with E-state index in [0.29, 0.717) is 19.4 Å². The highest BCUT2D eigenvalue weighted by molar-refractivity contribution is 7.44. The average molecular weight is 320 g/mol. The molecule has 0 saturated carbocycles. The first-order valence-corrected chi connectivity index (χ1v) is 8.47. The van der Waals surface area contributed by atoms with Gasteiger partial charge in [0.25, 0.3) is 8.53 Å². The molecule has 6 nitrogen and oxygen atoms in total. The van der Waals surface area contributed by atoms with Crippen molar-refractivity contribution in [1.29, 1.82) is 5.26 Å². The van der Waals surface area contributed by atoms with Gasteiger partial charge in [0.05, 0.1) is 33.2 Å². The van der Waals surface area contributed by atoms with E-state index in [-0.39, 0.29) is 24.8 Å². The minimum absolute atomic E-state index is 0.176. The standard InChI is InChI=1S/C14H27N2O4P/c1-11(2)16(12(3)4)21(19-8-5-7-15)20-13-6-9-18-14(13)10-17/h11-14,17H,5-6,8-10H2,1-4H3/i9T. The van der Waals surface area contributed by atoms with Crippen LogP contribution in [0.1, 0.15) is 41.9 Å². The molecule has 1 heterocycles. The SMILES string of the molecule is [3H]C1CC(OP(OCCC#N)N(C(C)C)C(C)C)C(CO)O1. The first-order chi connectivity index (χ1) is 10.4. The first-order valence-electron chi connectivity index (χ1n) is 7.92. The van der Waals surface area contributed by atoms with E-state index >= 15 is 0 Å². The lowest BCUT2D eigenvalue weighted by atomic mass is 10.2. The Morgan fingerprint density at radius 3 is 2.67 bits per heavy atom. The summed E-state index contributed by atoms with van der Waals surface area (Å²) in [6, 6.07) is 2.49. The van der Waals surface area contributed by atoms with Crippen molar-refractivity contribution in [1.82, 2.24) is 4.67 Å². The highest BCUT2D eigenvalue weighted by atomic mass is 31.2. The molecule has 0 bridgehead atoms. The van der Waals surface area contributed by atoms with Crippen molar-refractivity contribution in [2.75, 3.05) is 19.8 Å². The quantitative estimate of drug-likeness (QED) is 0.519. The largest absolute Gasteiger partial charge is 0.394 e. The molecule has 4 unspecified atom stereocenters. The fourth-order valence-electron chi connectivity index (χ4n) is 2.20. The van der Waals surface area contributed by atoms with Gasteiger partial charge in [0.15, 0.2) is 0 Å². The lowest BCUT2D eigenvalue weighted by molar-refractivity contribution is 0.00673. The van der Waals surface area contributed by atoms with E-state index in [4.69, 9.17) is 20.4 Å². The number of nitriles is 1. The third kappa shape index (κ3) is 5.78. The van der Waals surface area contributed by atoms with E-state index in [1.165, 1.54) is 0 Å². The number of hydrogen-bond acceptors (Lipinski definition) is 6. The molecule has 122 valence electrons. The van der Waals surface area contributed by atoms with Gasteiger partial charge in [0, 0.05) is 25.1 Å². The maximum Gasteiger partial charge on any atom is 0.259 e. The number of aliphatic hydroxyl groups is 1. The zero-order valence-electron chi connectivity index (χ0n) is 14.2. The zero-order chi connectivity index (χ0) is 16.7. The van der Waals surface area contributed by atoms with E-state index in [9.17, 15) is 5.11 Å². The number of aliphatic hydroxyl groups excluding tert-OH is 1. The molecule has 0 amide bonds. The Kier molecular flexibility index (Phi) is 7.87. The van der Waals surface area contributed by atoms with Gasteiger partial charge >= 0.3 is 0 Å². The molecule has 4 atom stereocenters. The molecule has 1 aliphatic rings. The fourth-order valence-corrected chi connectivity index (χ4v) is 3.95. The van der Waals surface area contributed by atoms with Crippen LogP contribution in [0, 0.1) is 11.3 Å². The van der Waals surface area contributed by atoms with Gasteiger partial charge in [0.2, 0.25) is 0 Å². The minimum atomic E-state index is -1.37. The monoisotopic (exact) mass is 320 g/mol. The highest BCUT2D eigenvalue weighted by Gasteiger charge is 2.35. The third-order valence-corrected chi connectivity index (χ3v) is 5.24. The molecule has 7 heteroatoms. The van der Waals surface area contributed by atoms with Crippen LogP contribution >= 0.6 is 8.53 Å². The fraction of sp³-hybridized carbons (Fsp3) is 0.929. The Bertz CT molecular complexity index is 359. The molecule has 0 aromatic carbocycles. The Hall–Kier alpha value is -0.280. The molecule has 1 N–H and O–H groups in total. The Morgan fingerprint density at radius 1 is 1.48 bits per heavy atom. The Morgan fingerprint density at radius 2 is 2.14 bits per heavy atom. The summed E-state index contributed by atoms with van der Waals surface area (Å²) in [4.78, 5) is 0. The van der Waals surface area contributed by atoms with E-state index < -0.39 is 21.2 Å². The van der Waals surface area contributed by atoms with E-state index in [1.54, 1.807) is 0 Å². The summed E-state index contributed by atoms with van der Waals surface area (Å²) in [7, 11) is -1.37. The van der Waals surface area contributed by atoms with Crippen molar-refractivity contribution in [2.45, 2.75) is 64.8 Å². The number of rotatable bonds is 9. The number of nitrogens with zero attached hydrogens (tertiary/aromatic N) is 2. The molecule has 1 rings (SSSR count). The van der Waals surface area contributed by atoms with Crippen molar-refractivity contribution in [3.63, 3.8) is 0 Å². The molecule has 1 aliphatic heterocycles. The summed E-state index contributed by atoms with van der Waals surface area (Å²) in [6.45, 7) is 7.71. The van der Waals surface area contributed by atoms with Crippen LogP contribution in [0.5, 0.6) is 0 Å². The second-order valence-electron chi connectivity index (χ2n) is 5.45. The Labute approximate surface area is 130 Å². The summed E-state index contributed by atoms with van der Waals surface area (Å²) in [5.41, 5.74) is 0. The van der Waals surface area contributed by atoms with Gasteiger partial charge in [-0.1, -0.05) is 0 Å². The molecule has 0 spiro atoms. The maximum atomic E-state index is 9.36. The third-order valence-electron chi connectivity index (χ3n) is 3.08. The number of hydrogen-bond donors (Lipinski definition) is 1. The first kappa shape index (κ1) is 17.1. The van der Waals surface area contributed by atoms with Gasteiger partial charge in [-0.2, -0.15) is 5.26 Å². The number of ether oxygens (including phenoxy) is 1. The van der Waals surface area contributed by atoms with Crippen LogP contribution in [0.15, 0.2) is 0 Å². The predicted molar refractivity (Wildman–Crippen MR) is 81.5 cm³/mol. The van der Waals surface area contributed by atoms with E-state index in [0.717, 1.165) is 0 Å². The summed E-state index contributed by atoms with van der Waals surface area (Å²) >= 11 is 0. The van der Waals surface area contributed by atoms with Gasteiger partial charge in [-0.05, 0) is 27.7 Å². The molecule has 0 aliphatic carbocycles. The van der Waals surface area contributed by atoms with Gasteiger partial charge in [0.1, 0.15) is 6.10 Å². The van der Waals surface area contributed by atoms with Crippen LogP contribution in [-0.4, -0.2) is 53.9 Å². The van der Waals surface area contributed by atoms with Crippen LogP contribution in [0.25, 0.3) is 0 Å². The lowest BCUT2D eigenvalue weighted by Gasteiger charge is -2.37. The minimum Gasteiger partial charge on any atom is -0.394 e. The van der Waals surface area contributed by atoms with Crippen molar-refractivity contribution in [3.05, 3.63) is 0 Å². The van der Waals surface area contributed by atoms with Gasteiger partial charge in [-0.15, -0.1) is 0 Å². The predicted octanol–water partition coefficient (Wildman–Crippen LogP) is 2.43. The smallest absolute Gasteiger partial charge is 0.259 e. The van der Waals surface area contributed by atoms with E-state index in [2.05, 4.69) is 38.4 Å². The summed E-state index contributed by atoms with van der Waals surface area (Å²) < 4.78 is 27.0. The van der Waals surface area contributed by atoms with Crippen LogP contribution in [0.4, 0.5) is 0 Å². The van der Waals surface area contributed by atoms with Crippen LogP contribution < -0.4 is 0 Å². The Balaban J connectivity index is 2.78. The van der Waals surface area contributed by atoms with Crippen LogP contribution in [0.2, 0.25) is 0 Å². The van der Waals surface area contributed by atoms with Crippen molar-refractivity contribution >= 4 is 8.53 Å². The van der Waals surface area contributed by atoms with Gasteiger partial charge < -0.3 is 18.9 Å². The topological polar surface area (TPSA) is 75.0 Å². The van der Waals surface area contributed by atoms with Gasteiger partial charge in [-0.25, -0.2) is 4.67 Å². The van der Waals surface area contributed by atoms with Crippen molar-refractivity contribution in [2.24, 2.45) is 0 Å². The molecule has 1 saturated heterocycles. The molecular weight excluding hydrogens is 291 g/mol. The summed E-state index contributed by atoms with van der Waals surface area (Å²) in [5.74, 6) is 0. The normalized spacial score (nSPS) is 28.1. The average Bonchev–Trinajstić information content (AvgIpc) is 2.78. The second-order valence-corrected chi connectivity index (χ2v) is 6.86. The summed E-state index contributed by atoms with van der Waals surface area (Å²) in [5, 5.41) is 18.0. The summed E-state index contributed by atoms with van der Waals surface area (Å²) in [6.07, 6.45) is -0.137. The lowest BCUT2D eigenvalue weighted by Crippen LogP contribution is -2.36. The molecule has 1 fully saturated rings. The molecule has 0 radical (unpaired) electrons. The van der Waals surface area contributed by atoms with Crippen molar-refractivity contribution < 1.29 is 20.3 Å². The zero-order valence-corrected chi connectivity index (χ0v) is 14.1. The van der Waals surface area contributed by atoms with Crippen molar-refractivity contribution in [3.8, 4) is 6.07 Å². The van der Waals surface area contributed by atoms with E-state index in [1.807, 2.05) is 0 Å².